The van der Waals surface area contributed by atoms with Gasteiger partial charge < -0.3 is 10.4 Å². The number of nitrogens with one attached hydrogen (secondary N) is 1. The number of hydrogen-bond donors (Lipinski definition) is 2. The van der Waals surface area contributed by atoms with E-state index in [9.17, 15) is 9.90 Å². The van der Waals surface area contributed by atoms with Crippen molar-refractivity contribution in [3.05, 3.63) is 82.8 Å². The zero-order chi connectivity index (χ0) is 21.8. The van der Waals surface area contributed by atoms with Gasteiger partial charge in [0.1, 0.15) is 5.75 Å². The zero-order valence-corrected chi connectivity index (χ0v) is 18.3. The van der Waals surface area contributed by atoms with Gasteiger partial charge in [-0.1, -0.05) is 71.4 Å². The van der Waals surface area contributed by atoms with Crippen LogP contribution >= 0.6 is 35.0 Å². The molecular weight excluding hydrogens is 455 g/mol. The first-order chi connectivity index (χ1) is 15.0. The maximum absolute atomic E-state index is 12.5. The second kappa shape index (κ2) is 9.43. The summed E-state index contributed by atoms with van der Waals surface area (Å²) in [6.07, 6.45) is 0. The van der Waals surface area contributed by atoms with Crippen LogP contribution in [0.25, 0.3) is 17.1 Å². The minimum absolute atomic E-state index is 0.0780. The van der Waals surface area contributed by atoms with Crippen LogP contribution in [0.5, 0.6) is 5.75 Å². The van der Waals surface area contributed by atoms with Crippen molar-refractivity contribution < 1.29 is 9.90 Å². The fourth-order valence-corrected chi connectivity index (χ4v) is 4.03. The van der Waals surface area contributed by atoms with Crippen LogP contribution in [0.15, 0.2) is 78.0 Å². The second-order valence-electron chi connectivity index (χ2n) is 6.43. The Morgan fingerprint density at radius 3 is 2.48 bits per heavy atom. The molecule has 1 aromatic heterocycles. The van der Waals surface area contributed by atoms with E-state index >= 15 is 0 Å². The molecule has 0 aliphatic carbocycles. The Balaban J connectivity index is 1.61. The minimum atomic E-state index is -0.263. The first-order valence-electron chi connectivity index (χ1n) is 9.20. The molecule has 9 heteroatoms. The van der Waals surface area contributed by atoms with Gasteiger partial charge in [0.2, 0.25) is 5.91 Å². The van der Waals surface area contributed by atoms with Crippen molar-refractivity contribution in [3.63, 3.8) is 0 Å². The molecule has 0 saturated heterocycles. The van der Waals surface area contributed by atoms with E-state index in [1.165, 1.54) is 11.8 Å². The molecule has 0 unspecified atom stereocenters. The Morgan fingerprint density at radius 2 is 1.71 bits per heavy atom. The summed E-state index contributed by atoms with van der Waals surface area (Å²) in [7, 11) is 0. The topological polar surface area (TPSA) is 80.0 Å². The van der Waals surface area contributed by atoms with Crippen LogP contribution in [-0.4, -0.2) is 31.5 Å². The maximum atomic E-state index is 12.5. The molecule has 0 radical (unpaired) electrons. The lowest BCUT2D eigenvalue weighted by atomic mass is 10.2. The molecular formula is C22H16Cl2N4O2S. The fourth-order valence-electron chi connectivity index (χ4n) is 2.93. The number of benzene rings is 3. The Bertz CT molecular complexity index is 1230. The highest BCUT2D eigenvalue weighted by atomic mass is 35.5. The van der Waals surface area contributed by atoms with Gasteiger partial charge in [-0.15, -0.1) is 10.2 Å². The van der Waals surface area contributed by atoms with E-state index < -0.39 is 0 Å². The Kier molecular flexibility index (Phi) is 6.46. The molecule has 4 aromatic rings. The summed E-state index contributed by atoms with van der Waals surface area (Å²) in [4.78, 5) is 12.5. The van der Waals surface area contributed by atoms with Crippen molar-refractivity contribution in [1.29, 1.82) is 0 Å². The number of phenols is 1. The maximum Gasteiger partial charge on any atom is 0.234 e. The third-order valence-electron chi connectivity index (χ3n) is 4.35. The Labute approximate surface area is 192 Å². The molecule has 0 bridgehead atoms. The molecule has 156 valence electrons. The average Bonchev–Trinajstić information content (AvgIpc) is 3.20. The largest absolute Gasteiger partial charge is 0.507 e. The number of para-hydroxylation sites is 2. The first-order valence-corrected chi connectivity index (χ1v) is 10.9. The summed E-state index contributed by atoms with van der Waals surface area (Å²) in [6, 6.07) is 21.5. The van der Waals surface area contributed by atoms with Gasteiger partial charge in [0.25, 0.3) is 0 Å². The highest BCUT2D eigenvalue weighted by Gasteiger charge is 2.19. The standard InChI is InChI=1S/C22H16Cl2N4O2S/c23-16-10-6-11-17(20(16)24)25-19(30)13-31-22-27-26-21(15-9-4-5-12-18(15)29)28(22)14-7-2-1-3-8-14/h1-12,29H,13H2,(H,25,30). The van der Waals surface area contributed by atoms with Gasteiger partial charge >= 0.3 is 0 Å². The summed E-state index contributed by atoms with van der Waals surface area (Å²) in [5, 5.41) is 22.7. The van der Waals surface area contributed by atoms with Crippen molar-refractivity contribution in [2.24, 2.45) is 0 Å². The number of hydrogen-bond acceptors (Lipinski definition) is 5. The van der Waals surface area contributed by atoms with Crippen LogP contribution in [0, 0.1) is 0 Å². The van der Waals surface area contributed by atoms with E-state index in [1.807, 2.05) is 36.4 Å². The number of amides is 1. The first kappa shape index (κ1) is 21.2. The number of aromatic hydroxyl groups is 1. The number of rotatable bonds is 6. The SMILES string of the molecule is O=C(CSc1nnc(-c2ccccc2O)n1-c1ccccc1)Nc1cccc(Cl)c1Cl. The van der Waals surface area contributed by atoms with Crippen LogP contribution in [0.4, 0.5) is 5.69 Å². The van der Waals surface area contributed by atoms with Gasteiger partial charge in [0, 0.05) is 5.69 Å². The molecule has 3 aromatic carbocycles. The predicted octanol–water partition coefficient (Wildman–Crippen LogP) is 5.68. The molecule has 0 spiro atoms. The van der Waals surface area contributed by atoms with Crippen molar-refractivity contribution >= 4 is 46.6 Å². The summed E-state index contributed by atoms with van der Waals surface area (Å²) in [6.45, 7) is 0. The third-order valence-corrected chi connectivity index (χ3v) is 6.10. The van der Waals surface area contributed by atoms with Gasteiger partial charge in [-0.05, 0) is 36.4 Å². The fraction of sp³-hybridized carbons (Fsp3) is 0.0455. The molecule has 0 fully saturated rings. The second-order valence-corrected chi connectivity index (χ2v) is 8.16. The molecule has 1 heterocycles. The zero-order valence-electron chi connectivity index (χ0n) is 16.0. The number of nitrogens with zero attached hydrogens (tertiary/aromatic N) is 3. The van der Waals surface area contributed by atoms with Crippen LogP contribution < -0.4 is 5.32 Å². The van der Waals surface area contributed by atoms with Gasteiger partial charge in [0.05, 0.1) is 27.0 Å². The molecule has 6 nitrogen and oxygen atoms in total. The molecule has 1 amide bonds. The lowest BCUT2D eigenvalue weighted by Crippen LogP contribution is -2.15. The van der Waals surface area contributed by atoms with Gasteiger partial charge in [-0.2, -0.15) is 0 Å². The van der Waals surface area contributed by atoms with Gasteiger partial charge in [0.15, 0.2) is 11.0 Å². The average molecular weight is 471 g/mol. The molecule has 0 aliphatic heterocycles. The molecule has 0 atom stereocenters. The van der Waals surface area contributed by atoms with E-state index in [0.29, 0.717) is 27.3 Å². The smallest absolute Gasteiger partial charge is 0.234 e. The van der Waals surface area contributed by atoms with Gasteiger partial charge in [-0.3, -0.25) is 9.36 Å². The summed E-state index contributed by atoms with van der Waals surface area (Å²) in [5.74, 6) is 0.386. The van der Waals surface area contributed by atoms with Crippen LogP contribution in [0.3, 0.4) is 0 Å². The van der Waals surface area contributed by atoms with Crippen molar-refractivity contribution in [1.82, 2.24) is 14.8 Å². The van der Waals surface area contributed by atoms with Crippen molar-refractivity contribution in [3.8, 4) is 22.8 Å². The number of carbonyl (C=O) groups is 1. The molecule has 2 N–H and O–H groups in total. The molecule has 4 rings (SSSR count). The number of aromatic nitrogens is 3. The molecule has 0 saturated carbocycles. The van der Waals surface area contributed by atoms with E-state index in [2.05, 4.69) is 15.5 Å². The lowest BCUT2D eigenvalue weighted by Gasteiger charge is -2.11. The van der Waals surface area contributed by atoms with E-state index in [4.69, 9.17) is 23.2 Å². The minimum Gasteiger partial charge on any atom is -0.507 e. The highest BCUT2D eigenvalue weighted by molar-refractivity contribution is 7.99. The highest BCUT2D eigenvalue weighted by Crippen LogP contribution is 2.33. The number of carbonyl (C=O) groups excluding carboxylic acids is 1. The quantitative estimate of drug-likeness (QED) is 0.354. The van der Waals surface area contributed by atoms with Crippen LogP contribution in [0.2, 0.25) is 10.0 Å². The van der Waals surface area contributed by atoms with Crippen LogP contribution in [0.1, 0.15) is 0 Å². The molecule has 0 aliphatic rings. The number of anilines is 1. The summed E-state index contributed by atoms with van der Waals surface area (Å²) < 4.78 is 1.80. The predicted molar refractivity (Wildman–Crippen MR) is 124 cm³/mol. The van der Waals surface area contributed by atoms with E-state index in [1.54, 1.807) is 41.0 Å². The Hall–Kier alpha value is -3.00. The number of halogens is 2. The van der Waals surface area contributed by atoms with Crippen molar-refractivity contribution in [2.45, 2.75) is 5.16 Å². The normalized spacial score (nSPS) is 10.8. The monoisotopic (exact) mass is 470 g/mol. The van der Waals surface area contributed by atoms with E-state index in [0.717, 1.165) is 5.69 Å². The number of phenolic OH excluding ortho intramolecular Hbond substituents is 1. The lowest BCUT2D eigenvalue weighted by molar-refractivity contribution is -0.113. The summed E-state index contributed by atoms with van der Waals surface area (Å²) in [5.41, 5.74) is 1.80. The third kappa shape index (κ3) is 4.69. The van der Waals surface area contributed by atoms with Crippen LogP contribution in [-0.2, 0) is 4.79 Å². The van der Waals surface area contributed by atoms with E-state index in [-0.39, 0.29) is 22.4 Å². The Morgan fingerprint density at radius 1 is 0.968 bits per heavy atom. The molecule has 31 heavy (non-hydrogen) atoms. The summed E-state index contributed by atoms with van der Waals surface area (Å²) >= 11 is 13.4. The van der Waals surface area contributed by atoms with Crippen molar-refractivity contribution in [2.75, 3.05) is 11.1 Å². The van der Waals surface area contributed by atoms with Gasteiger partial charge in [-0.25, -0.2) is 0 Å². The number of thioether (sulfide) groups is 1.